The van der Waals surface area contributed by atoms with E-state index in [0.717, 1.165) is 59.7 Å². The molecule has 134 valence electrons. The van der Waals surface area contributed by atoms with Crippen molar-refractivity contribution in [3.05, 3.63) is 45.7 Å². The van der Waals surface area contributed by atoms with Gasteiger partial charge in [-0.25, -0.2) is 4.98 Å². The van der Waals surface area contributed by atoms with Crippen LogP contribution >= 0.6 is 11.3 Å². The van der Waals surface area contributed by atoms with Gasteiger partial charge in [0.05, 0.1) is 36.8 Å². The second kappa shape index (κ2) is 6.21. The molecule has 2 aromatic heterocycles. The maximum atomic E-state index is 12.5. The Kier molecular flexibility index (Phi) is 3.83. The molecule has 0 fully saturated rings. The second-order valence-electron chi connectivity index (χ2n) is 7.48. The zero-order valence-corrected chi connectivity index (χ0v) is 15.7. The van der Waals surface area contributed by atoms with Crippen molar-refractivity contribution in [1.82, 2.24) is 4.98 Å². The molecule has 6 heteroatoms. The van der Waals surface area contributed by atoms with Crippen molar-refractivity contribution in [2.24, 2.45) is 0 Å². The van der Waals surface area contributed by atoms with Gasteiger partial charge < -0.3 is 14.6 Å². The summed E-state index contributed by atoms with van der Waals surface area (Å²) < 4.78 is 5.71. The van der Waals surface area contributed by atoms with Crippen LogP contribution in [0.2, 0.25) is 0 Å². The van der Waals surface area contributed by atoms with Crippen molar-refractivity contribution < 1.29 is 14.1 Å². The zero-order valence-electron chi connectivity index (χ0n) is 14.9. The van der Waals surface area contributed by atoms with Crippen LogP contribution in [-0.4, -0.2) is 24.5 Å². The Labute approximate surface area is 156 Å². The highest BCUT2D eigenvalue weighted by Gasteiger charge is 2.22. The molecular weight excluding hydrogens is 346 g/mol. The number of quaternary nitrogens is 1. The average molecular weight is 368 g/mol. The number of hydrogen-bond acceptors (Lipinski definition) is 4. The van der Waals surface area contributed by atoms with E-state index in [2.05, 4.69) is 29.5 Å². The molecule has 2 N–H and O–H groups in total. The molecule has 5 rings (SSSR count). The van der Waals surface area contributed by atoms with E-state index in [-0.39, 0.29) is 5.91 Å². The molecule has 0 spiro atoms. The zero-order chi connectivity index (χ0) is 17.7. The number of aryl methyl sites for hydroxylation is 2. The number of rotatable bonds is 3. The number of hydrogen-bond donors (Lipinski definition) is 2. The summed E-state index contributed by atoms with van der Waals surface area (Å²) in [6.07, 6.45) is 6.51. The number of nitrogens with one attached hydrogen (secondary N) is 2. The molecule has 3 aromatic rings. The van der Waals surface area contributed by atoms with Crippen molar-refractivity contribution in [2.45, 2.75) is 38.6 Å². The van der Waals surface area contributed by atoms with E-state index < -0.39 is 0 Å². The number of likely N-dealkylation sites (N-methyl/N-ethyl adjacent to an activating group) is 1. The van der Waals surface area contributed by atoms with Crippen LogP contribution in [0.4, 0.5) is 5.13 Å². The van der Waals surface area contributed by atoms with Crippen molar-refractivity contribution in [1.29, 1.82) is 0 Å². The minimum Gasteiger partial charge on any atom is -0.464 e. The number of amides is 1. The number of carbonyl (C=O) groups excluding carboxylic acids is 1. The highest BCUT2D eigenvalue weighted by Crippen LogP contribution is 2.31. The molecule has 0 saturated carbocycles. The summed E-state index contributed by atoms with van der Waals surface area (Å²) in [4.78, 5) is 20.0. The maximum Gasteiger partial charge on any atom is 0.230 e. The van der Waals surface area contributed by atoms with Crippen LogP contribution in [0.5, 0.6) is 0 Å². The van der Waals surface area contributed by atoms with Crippen LogP contribution < -0.4 is 10.2 Å². The molecule has 0 bridgehead atoms. The Bertz CT molecular complexity index is 1000. The molecular formula is C20H22N3O2S+. The first kappa shape index (κ1) is 16.0. The molecule has 5 nitrogen and oxygen atoms in total. The number of anilines is 1. The third kappa shape index (κ3) is 2.83. The lowest BCUT2D eigenvalue weighted by atomic mass is 10.0. The number of benzene rings is 1. The van der Waals surface area contributed by atoms with Gasteiger partial charge in [0.25, 0.3) is 0 Å². The van der Waals surface area contributed by atoms with Gasteiger partial charge in [-0.05, 0) is 42.5 Å². The molecule has 2 aliphatic rings. The number of thiazole rings is 1. The number of aromatic nitrogens is 1. The monoisotopic (exact) mass is 368 g/mol. The first-order valence-electron chi connectivity index (χ1n) is 9.27. The first-order chi connectivity index (χ1) is 12.7. The molecule has 0 radical (unpaired) electrons. The maximum absolute atomic E-state index is 12.5. The van der Waals surface area contributed by atoms with E-state index in [4.69, 9.17) is 4.42 Å². The van der Waals surface area contributed by atoms with Crippen LogP contribution in [0.1, 0.15) is 33.7 Å². The third-order valence-electron chi connectivity index (χ3n) is 5.49. The Morgan fingerprint density at radius 2 is 2.15 bits per heavy atom. The van der Waals surface area contributed by atoms with Crippen LogP contribution in [0.15, 0.2) is 22.8 Å². The van der Waals surface area contributed by atoms with Gasteiger partial charge in [-0.3, -0.25) is 4.79 Å². The summed E-state index contributed by atoms with van der Waals surface area (Å²) in [6.45, 7) is 2.11. The Morgan fingerprint density at radius 1 is 1.31 bits per heavy atom. The van der Waals surface area contributed by atoms with Crippen molar-refractivity contribution in [3.8, 4) is 0 Å². The Hall–Kier alpha value is -2.18. The fraction of sp³-hybridized carbons (Fsp3) is 0.400. The predicted molar refractivity (Wildman–Crippen MR) is 102 cm³/mol. The van der Waals surface area contributed by atoms with Crippen molar-refractivity contribution in [2.75, 3.05) is 18.9 Å². The Morgan fingerprint density at radius 3 is 3.04 bits per heavy atom. The van der Waals surface area contributed by atoms with Gasteiger partial charge >= 0.3 is 0 Å². The van der Waals surface area contributed by atoms with Crippen LogP contribution in [0.25, 0.3) is 11.0 Å². The lowest BCUT2D eigenvalue weighted by Crippen LogP contribution is -3.08. The van der Waals surface area contributed by atoms with Gasteiger partial charge in [0.2, 0.25) is 5.91 Å². The third-order valence-corrected chi connectivity index (χ3v) is 6.51. The lowest BCUT2D eigenvalue weighted by Gasteiger charge is -2.17. The summed E-state index contributed by atoms with van der Waals surface area (Å²) >= 11 is 1.61. The van der Waals surface area contributed by atoms with Gasteiger partial charge in [-0.1, -0.05) is 11.3 Å². The molecule has 1 amide bonds. The highest BCUT2D eigenvalue weighted by molar-refractivity contribution is 7.15. The number of furan rings is 1. The quantitative estimate of drug-likeness (QED) is 0.745. The number of nitrogens with zero attached hydrogens (tertiary/aromatic N) is 1. The standard InChI is InChI=1S/C20H21N3O2S/c1-23-6-5-16-18(10-23)26-20(21-16)22-19(24)9-14-11-25-17-8-13-4-2-3-12(13)7-15(14)17/h7-8,11H,2-6,9-10H2,1H3,(H,21,22,24)/p+1. The molecule has 0 saturated heterocycles. The summed E-state index contributed by atoms with van der Waals surface area (Å²) in [5, 5.41) is 4.79. The van der Waals surface area contributed by atoms with Gasteiger partial charge in [0.15, 0.2) is 5.13 Å². The normalized spacial score (nSPS) is 18.7. The van der Waals surface area contributed by atoms with Gasteiger partial charge in [-0.15, -0.1) is 0 Å². The van der Waals surface area contributed by atoms with Crippen LogP contribution in [-0.2, 0) is 37.0 Å². The SMILES string of the molecule is C[NH+]1CCc2nc(NC(=O)Cc3coc4cc5c(cc34)CCC5)sc2C1. The van der Waals surface area contributed by atoms with Gasteiger partial charge in [0.1, 0.15) is 12.1 Å². The molecule has 1 aliphatic carbocycles. The largest absolute Gasteiger partial charge is 0.464 e. The molecule has 3 heterocycles. The second-order valence-corrected chi connectivity index (χ2v) is 8.56. The summed E-state index contributed by atoms with van der Waals surface area (Å²) in [5.74, 6) is -0.0278. The minimum absolute atomic E-state index is 0.0278. The highest BCUT2D eigenvalue weighted by atomic mass is 32.1. The molecule has 1 aliphatic heterocycles. The van der Waals surface area contributed by atoms with Crippen LogP contribution in [0, 0.1) is 0 Å². The van der Waals surface area contributed by atoms with E-state index in [1.54, 1.807) is 17.6 Å². The van der Waals surface area contributed by atoms with E-state index in [0.29, 0.717) is 6.42 Å². The molecule has 1 aromatic carbocycles. The van der Waals surface area contributed by atoms with Gasteiger partial charge in [-0.2, -0.15) is 0 Å². The van der Waals surface area contributed by atoms with E-state index in [1.165, 1.54) is 27.3 Å². The summed E-state index contributed by atoms with van der Waals surface area (Å²) in [7, 11) is 2.20. The van der Waals surface area contributed by atoms with E-state index in [1.807, 2.05) is 0 Å². The topological polar surface area (TPSA) is 59.6 Å². The molecule has 1 unspecified atom stereocenters. The first-order valence-corrected chi connectivity index (χ1v) is 10.1. The Balaban J connectivity index is 1.34. The number of carbonyl (C=O) groups is 1. The fourth-order valence-electron chi connectivity index (χ4n) is 4.09. The summed E-state index contributed by atoms with van der Waals surface area (Å²) in [6, 6.07) is 4.36. The van der Waals surface area contributed by atoms with Crippen LogP contribution in [0.3, 0.4) is 0 Å². The summed E-state index contributed by atoms with van der Waals surface area (Å²) in [5.41, 5.74) is 5.80. The lowest BCUT2D eigenvalue weighted by molar-refractivity contribution is -0.895. The minimum atomic E-state index is -0.0278. The number of fused-ring (bicyclic) bond motifs is 3. The molecule has 1 atom stereocenters. The smallest absolute Gasteiger partial charge is 0.230 e. The van der Waals surface area contributed by atoms with Gasteiger partial charge in [0, 0.05) is 17.4 Å². The van der Waals surface area contributed by atoms with E-state index >= 15 is 0 Å². The van der Waals surface area contributed by atoms with E-state index in [9.17, 15) is 4.79 Å². The van der Waals surface area contributed by atoms with Crippen molar-refractivity contribution >= 4 is 33.3 Å². The average Bonchev–Trinajstić information content (AvgIpc) is 3.31. The van der Waals surface area contributed by atoms with Crippen molar-refractivity contribution in [3.63, 3.8) is 0 Å². The molecule has 26 heavy (non-hydrogen) atoms. The predicted octanol–water partition coefficient (Wildman–Crippen LogP) is 2.13. The fourth-order valence-corrected chi connectivity index (χ4v) is 5.22.